The van der Waals surface area contributed by atoms with Gasteiger partial charge in [-0.15, -0.1) is 0 Å². The van der Waals surface area contributed by atoms with Crippen molar-refractivity contribution in [2.24, 2.45) is 0 Å². The topological polar surface area (TPSA) is 84.9 Å². The molecular formula is C28H23F3N4O4. The van der Waals surface area contributed by atoms with Crippen LogP contribution in [0.25, 0.3) is 10.9 Å². The van der Waals surface area contributed by atoms with Crippen molar-refractivity contribution in [3.63, 3.8) is 0 Å². The Hall–Kier alpha value is -4.67. The van der Waals surface area contributed by atoms with Crippen molar-refractivity contribution in [2.45, 2.75) is 25.9 Å². The number of halogens is 3. The van der Waals surface area contributed by atoms with Crippen LogP contribution in [0.2, 0.25) is 0 Å². The maximum absolute atomic E-state index is 13.2. The first-order valence-electron chi connectivity index (χ1n) is 12.0. The molecule has 0 bridgehead atoms. The minimum Gasteiger partial charge on any atom is -0.497 e. The Kier molecular flexibility index (Phi) is 6.59. The van der Waals surface area contributed by atoms with E-state index in [-0.39, 0.29) is 23.8 Å². The summed E-state index contributed by atoms with van der Waals surface area (Å²) >= 11 is 0. The number of benzene rings is 3. The largest absolute Gasteiger partial charge is 0.497 e. The van der Waals surface area contributed by atoms with E-state index < -0.39 is 23.7 Å². The molecule has 3 amide bonds. The number of carbonyl (C=O) groups excluding carboxylic acids is 2. The van der Waals surface area contributed by atoms with Crippen LogP contribution in [0.1, 0.15) is 30.9 Å². The van der Waals surface area contributed by atoms with Crippen molar-refractivity contribution in [3.8, 4) is 17.4 Å². The molecule has 2 heterocycles. The highest BCUT2D eigenvalue weighted by Crippen LogP contribution is 2.38. The summed E-state index contributed by atoms with van der Waals surface area (Å²) in [7, 11) is 1.55. The molecule has 4 aromatic rings. The number of imide groups is 1. The van der Waals surface area contributed by atoms with Crippen molar-refractivity contribution >= 4 is 34.2 Å². The molecule has 0 unspecified atom stereocenters. The van der Waals surface area contributed by atoms with Gasteiger partial charge in [0.25, 0.3) is 5.91 Å². The van der Waals surface area contributed by atoms with E-state index in [0.29, 0.717) is 33.8 Å². The van der Waals surface area contributed by atoms with Crippen LogP contribution < -0.4 is 19.3 Å². The minimum atomic E-state index is -4.58. The quantitative estimate of drug-likeness (QED) is 0.260. The number of amides is 3. The number of fused-ring (bicyclic) bond motifs is 1. The first-order chi connectivity index (χ1) is 18.6. The first kappa shape index (κ1) is 26.0. The van der Waals surface area contributed by atoms with Gasteiger partial charge in [-0.3, -0.25) is 9.69 Å². The average molecular weight is 537 g/mol. The molecule has 0 atom stereocenters. The zero-order chi connectivity index (χ0) is 27.9. The van der Waals surface area contributed by atoms with Crippen LogP contribution in [0.5, 0.6) is 17.4 Å². The lowest BCUT2D eigenvalue weighted by molar-refractivity contribution is -0.137. The van der Waals surface area contributed by atoms with Crippen molar-refractivity contribution < 1.29 is 32.2 Å². The number of hydrogen-bond acceptors (Lipinski definition) is 6. The van der Waals surface area contributed by atoms with Crippen molar-refractivity contribution in [1.29, 1.82) is 0 Å². The number of anilines is 2. The molecule has 8 nitrogen and oxygen atoms in total. The lowest BCUT2D eigenvalue weighted by atomic mass is 10.0. The number of aromatic nitrogens is 2. The number of ether oxygens (including phenoxy) is 2. The Morgan fingerprint density at radius 2 is 1.74 bits per heavy atom. The van der Waals surface area contributed by atoms with Crippen LogP contribution in [0, 0.1) is 0 Å². The van der Waals surface area contributed by atoms with Gasteiger partial charge < -0.3 is 9.47 Å². The van der Waals surface area contributed by atoms with E-state index in [2.05, 4.69) is 9.97 Å². The highest BCUT2D eigenvalue weighted by atomic mass is 19.4. The molecule has 0 spiro atoms. The zero-order valence-corrected chi connectivity index (χ0v) is 21.2. The molecule has 1 fully saturated rings. The normalized spacial score (nSPS) is 14.0. The number of hydrogen-bond donors (Lipinski definition) is 0. The summed E-state index contributed by atoms with van der Waals surface area (Å²) in [5, 5.41) is 0.636. The number of alkyl halides is 3. The highest BCUT2D eigenvalue weighted by Gasteiger charge is 2.39. The van der Waals surface area contributed by atoms with Gasteiger partial charge in [0, 0.05) is 5.69 Å². The number of carbonyl (C=O) groups is 2. The van der Waals surface area contributed by atoms with E-state index in [1.54, 1.807) is 43.5 Å². The van der Waals surface area contributed by atoms with Crippen LogP contribution >= 0.6 is 0 Å². The smallest absolute Gasteiger partial charge is 0.416 e. The van der Waals surface area contributed by atoms with Gasteiger partial charge in [0.1, 0.15) is 24.4 Å². The third-order valence-electron chi connectivity index (χ3n) is 6.34. The lowest BCUT2D eigenvalue weighted by Gasteiger charge is -2.20. The fraction of sp³-hybridized carbons (Fsp3) is 0.214. The number of methoxy groups -OCH3 is 1. The maximum atomic E-state index is 13.2. The van der Waals surface area contributed by atoms with E-state index in [1.807, 2.05) is 13.8 Å². The van der Waals surface area contributed by atoms with E-state index in [0.717, 1.165) is 21.9 Å². The van der Waals surface area contributed by atoms with Crippen molar-refractivity contribution in [2.75, 3.05) is 23.5 Å². The van der Waals surface area contributed by atoms with Gasteiger partial charge in [-0.2, -0.15) is 13.2 Å². The SMILES string of the molecule is COc1ccc2ncnc(Oc3ccc(N4C(=O)CN(c5cccc(C(F)(F)F)c5)C4=O)cc3C(C)C)c2c1. The molecule has 1 aliphatic rings. The van der Waals surface area contributed by atoms with Gasteiger partial charge >= 0.3 is 12.2 Å². The predicted molar refractivity (Wildman–Crippen MR) is 138 cm³/mol. The third-order valence-corrected chi connectivity index (χ3v) is 6.34. The lowest BCUT2D eigenvalue weighted by Crippen LogP contribution is -2.33. The Morgan fingerprint density at radius 3 is 2.46 bits per heavy atom. The summed E-state index contributed by atoms with van der Waals surface area (Å²) in [5.74, 6) is 0.741. The Balaban J connectivity index is 1.47. The minimum absolute atomic E-state index is 0.0132. The summed E-state index contributed by atoms with van der Waals surface area (Å²) < 4.78 is 51.1. The molecule has 1 aromatic heterocycles. The highest BCUT2D eigenvalue weighted by molar-refractivity contribution is 6.27. The second-order valence-electron chi connectivity index (χ2n) is 9.19. The molecule has 0 N–H and O–H groups in total. The van der Waals surface area contributed by atoms with E-state index in [9.17, 15) is 22.8 Å². The molecule has 3 aromatic carbocycles. The standard InChI is InChI=1S/C28H23F3N4O4/c1-16(2)21-12-19(7-10-24(21)39-26-22-13-20(38-3)8-9-23(22)32-15-33-26)35-25(36)14-34(27(35)37)18-6-4-5-17(11-18)28(29,30)31/h4-13,15-16H,14H2,1-3H3. The second kappa shape index (κ2) is 9.90. The zero-order valence-electron chi connectivity index (χ0n) is 21.2. The van der Waals surface area contributed by atoms with Crippen LogP contribution in [-0.2, 0) is 11.0 Å². The molecule has 0 aliphatic carbocycles. The number of urea groups is 1. The van der Waals surface area contributed by atoms with Crippen LogP contribution in [0.4, 0.5) is 29.3 Å². The van der Waals surface area contributed by atoms with Crippen LogP contribution in [-0.4, -0.2) is 35.6 Å². The summed E-state index contributed by atoms with van der Waals surface area (Å²) in [6.07, 6.45) is -3.19. The Bertz CT molecular complexity index is 1590. The average Bonchev–Trinajstić information content (AvgIpc) is 3.21. The van der Waals surface area contributed by atoms with Crippen LogP contribution in [0.3, 0.4) is 0 Å². The molecule has 39 heavy (non-hydrogen) atoms. The molecule has 200 valence electrons. The van der Waals surface area contributed by atoms with Gasteiger partial charge in [-0.25, -0.2) is 19.7 Å². The van der Waals surface area contributed by atoms with Gasteiger partial charge in [-0.1, -0.05) is 19.9 Å². The van der Waals surface area contributed by atoms with E-state index in [4.69, 9.17) is 9.47 Å². The van der Waals surface area contributed by atoms with Gasteiger partial charge in [0.05, 0.1) is 29.3 Å². The Labute approximate surface area is 221 Å². The molecule has 0 radical (unpaired) electrons. The number of rotatable bonds is 6. The fourth-order valence-corrected chi connectivity index (χ4v) is 4.35. The third kappa shape index (κ3) is 4.95. The van der Waals surface area contributed by atoms with Gasteiger partial charge in [0.2, 0.25) is 5.88 Å². The monoisotopic (exact) mass is 536 g/mol. The summed E-state index contributed by atoms with van der Waals surface area (Å²) in [6, 6.07) is 13.8. The molecule has 1 saturated heterocycles. The molecular weight excluding hydrogens is 513 g/mol. The fourth-order valence-electron chi connectivity index (χ4n) is 4.35. The first-order valence-corrected chi connectivity index (χ1v) is 12.0. The predicted octanol–water partition coefficient (Wildman–Crippen LogP) is 6.55. The van der Waals surface area contributed by atoms with Crippen molar-refractivity contribution in [1.82, 2.24) is 9.97 Å². The molecule has 11 heteroatoms. The van der Waals surface area contributed by atoms with Crippen molar-refractivity contribution in [3.05, 3.63) is 78.1 Å². The van der Waals surface area contributed by atoms with Gasteiger partial charge in [0.15, 0.2) is 0 Å². The summed E-state index contributed by atoms with van der Waals surface area (Å²) in [4.78, 5) is 36.6. The van der Waals surface area contributed by atoms with Gasteiger partial charge in [-0.05, 0) is 66.1 Å². The van der Waals surface area contributed by atoms with Crippen LogP contribution in [0.15, 0.2) is 67.0 Å². The molecule has 1 aliphatic heterocycles. The maximum Gasteiger partial charge on any atom is 0.416 e. The van der Waals surface area contributed by atoms with E-state index in [1.165, 1.54) is 18.5 Å². The second-order valence-corrected chi connectivity index (χ2v) is 9.19. The number of nitrogens with zero attached hydrogens (tertiary/aromatic N) is 4. The molecule has 5 rings (SSSR count). The Morgan fingerprint density at radius 1 is 0.949 bits per heavy atom. The summed E-state index contributed by atoms with van der Waals surface area (Å²) in [6.45, 7) is 3.47. The molecule has 0 saturated carbocycles. The summed E-state index contributed by atoms with van der Waals surface area (Å²) in [5.41, 5.74) is 0.717. The van der Waals surface area contributed by atoms with E-state index >= 15 is 0 Å².